The summed E-state index contributed by atoms with van der Waals surface area (Å²) in [6.45, 7) is 21.9. The first-order valence-corrected chi connectivity index (χ1v) is 23.8. The molecule has 0 amide bonds. The lowest BCUT2D eigenvalue weighted by Gasteiger charge is -2.38. The Hall–Kier alpha value is 0.391. The van der Waals surface area contributed by atoms with Gasteiger partial charge in [-0.1, -0.05) is 6.08 Å². The zero-order valence-electron chi connectivity index (χ0n) is 19.2. The molecule has 0 aromatic rings. The van der Waals surface area contributed by atoms with Crippen molar-refractivity contribution in [2.75, 3.05) is 0 Å². The van der Waals surface area contributed by atoms with Gasteiger partial charge in [0.15, 0.2) is 54.2 Å². The molecule has 5 nitrogen and oxygen atoms in total. The molecule has 0 atom stereocenters. The zero-order chi connectivity index (χ0) is 21.5. The number of rotatable bonds is 13. The van der Waals surface area contributed by atoms with E-state index in [0.29, 0.717) is 5.57 Å². The van der Waals surface area contributed by atoms with Crippen molar-refractivity contribution in [3.8, 4) is 0 Å². The number of carboxylic acids is 1. The first-order chi connectivity index (χ1) is 11.9. The number of hydrogen-bond acceptors (Lipinski definition) is 4. The second kappa shape index (κ2) is 11.0. The Morgan fingerprint density at radius 1 is 0.852 bits per heavy atom. The van der Waals surface area contributed by atoms with Gasteiger partial charge in [0.2, 0.25) is 0 Å². The van der Waals surface area contributed by atoms with E-state index in [0.717, 1.165) is 12.8 Å². The molecule has 0 radical (unpaired) electrons. The number of hydrogen-bond donors (Lipinski definition) is 1. The van der Waals surface area contributed by atoms with Crippen LogP contribution in [0.1, 0.15) is 19.8 Å². The average Bonchev–Trinajstić information content (AvgIpc) is 2.45. The van der Waals surface area contributed by atoms with E-state index in [9.17, 15) is 4.79 Å². The predicted molar refractivity (Wildman–Crippen MR) is 132 cm³/mol. The van der Waals surface area contributed by atoms with Crippen LogP contribution in [0.3, 0.4) is 0 Å². The molecule has 0 aromatic carbocycles. The van der Waals surface area contributed by atoms with E-state index < -0.39 is 60.2 Å². The summed E-state index contributed by atoms with van der Waals surface area (Å²) in [7, 11) is -7.12. The molecular formula is C16H42O5Si6. The molecule has 11 heteroatoms. The Kier molecular flexibility index (Phi) is 11.1. The summed E-state index contributed by atoms with van der Waals surface area (Å²) < 4.78 is 19.7. The van der Waals surface area contributed by atoms with Gasteiger partial charge in [-0.15, -0.1) is 0 Å². The van der Waals surface area contributed by atoms with Crippen molar-refractivity contribution in [1.29, 1.82) is 0 Å². The molecule has 27 heavy (non-hydrogen) atoms. The van der Waals surface area contributed by atoms with Crippen LogP contribution in [0.15, 0.2) is 11.6 Å². The SMILES string of the molecule is CC(=CCCC([SiH2]O[Si](C)(C)C)([SiH2]O[Si](C)(C)C)[SiH2]O[Si](C)(C)C)C(=O)O. The smallest absolute Gasteiger partial charge is 0.330 e. The van der Waals surface area contributed by atoms with E-state index in [1.54, 1.807) is 6.92 Å². The van der Waals surface area contributed by atoms with Crippen molar-refractivity contribution in [3.05, 3.63) is 11.6 Å². The van der Waals surface area contributed by atoms with E-state index in [4.69, 9.17) is 17.5 Å². The third-order valence-corrected chi connectivity index (χ3v) is 22.6. The van der Waals surface area contributed by atoms with Gasteiger partial charge in [0.05, 0.1) is 0 Å². The van der Waals surface area contributed by atoms with Crippen LogP contribution >= 0.6 is 0 Å². The Bertz CT molecular complexity index is 459. The lowest BCUT2D eigenvalue weighted by molar-refractivity contribution is -0.132. The maximum atomic E-state index is 11.1. The molecule has 0 fully saturated rings. The third kappa shape index (κ3) is 15.0. The fourth-order valence-electron chi connectivity index (χ4n) is 2.13. The molecule has 0 aliphatic rings. The van der Waals surface area contributed by atoms with Gasteiger partial charge in [-0.2, -0.15) is 0 Å². The van der Waals surface area contributed by atoms with Gasteiger partial charge in [0.1, 0.15) is 0 Å². The highest BCUT2D eigenvalue weighted by molar-refractivity contribution is 6.86. The standard InChI is InChI=1S/C16H42O5Si6/c1-14(15(17)18)12-11-13-16(22-19-25(2,3)4,23-20-26(5,6)7)24-21-27(8,9)10/h12H,11,13,22-24H2,1-10H3,(H,17,18). The maximum Gasteiger partial charge on any atom is 0.330 e. The van der Waals surface area contributed by atoms with Crippen molar-refractivity contribution >= 4 is 60.2 Å². The van der Waals surface area contributed by atoms with Crippen LogP contribution < -0.4 is 0 Å². The van der Waals surface area contributed by atoms with Gasteiger partial charge in [-0.05, 0) is 78.7 Å². The highest BCUT2D eigenvalue weighted by Crippen LogP contribution is 2.33. The Morgan fingerprint density at radius 3 is 1.44 bits per heavy atom. The molecule has 0 unspecified atom stereocenters. The zero-order valence-corrected chi connectivity index (χ0v) is 26.4. The van der Waals surface area contributed by atoms with E-state index in [-0.39, 0.29) is 4.28 Å². The first-order valence-electron chi connectivity index (χ1n) is 9.77. The summed E-state index contributed by atoms with van der Waals surface area (Å²) in [5.74, 6) is -0.831. The molecule has 0 bridgehead atoms. The van der Waals surface area contributed by atoms with Gasteiger partial charge >= 0.3 is 5.97 Å². The van der Waals surface area contributed by atoms with E-state index in [2.05, 4.69) is 58.9 Å². The summed E-state index contributed by atoms with van der Waals surface area (Å²) in [5.41, 5.74) is 0.428. The maximum absolute atomic E-state index is 11.1. The molecule has 0 spiro atoms. The molecule has 160 valence electrons. The summed E-state index contributed by atoms with van der Waals surface area (Å²) >= 11 is 0. The van der Waals surface area contributed by atoms with Crippen LogP contribution in [0, 0.1) is 0 Å². The van der Waals surface area contributed by atoms with Crippen LogP contribution in [-0.4, -0.2) is 65.3 Å². The number of carboxylic acid groups (broad SMARTS) is 1. The van der Waals surface area contributed by atoms with Gasteiger partial charge in [0, 0.05) is 9.86 Å². The third-order valence-electron chi connectivity index (χ3n) is 3.90. The molecule has 0 saturated carbocycles. The minimum absolute atomic E-state index is 0.163. The summed E-state index contributed by atoms with van der Waals surface area (Å²) in [4.78, 5) is 11.1. The molecule has 0 aromatic heterocycles. The molecule has 0 aliphatic heterocycles. The normalized spacial score (nSPS) is 17.6. The summed E-state index contributed by atoms with van der Waals surface area (Å²) in [6.07, 6.45) is 3.62. The Morgan fingerprint density at radius 2 is 1.19 bits per heavy atom. The Balaban J connectivity index is 5.51. The van der Waals surface area contributed by atoms with Crippen LogP contribution in [-0.2, 0) is 17.1 Å². The molecule has 0 saturated heterocycles. The lowest BCUT2D eigenvalue weighted by Crippen LogP contribution is -2.47. The molecular weight excluding hydrogens is 441 g/mol. The van der Waals surface area contributed by atoms with Crippen LogP contribution in [0.5, 0.6) is 0 Å². The molecule has 1 N–H and O–H groups in total. The van der Waals surface area contributed by atoms with E-state index >= 15 is 0 Å². The quantitative estimate of drug-likeness (QED) is 0.323. The van der Waals surface area contributed by atoms with Crippen molar-refractivity contribution in [2.45, 2.75) is 83.0 Å². The number of allylic oxidation sites excluding steroid dienone is 1. The largest absolute Gasteiger partial charge is 0.478 e. The van der Waals surface area contributed by atoms with Gasteiger partial charge in [0.25, 0.3) is 0 Å². The number of aliphatic carboxylic acids is 1. The van der Waals surface area contributed by atoms with Crippen LogP contribution in [0.2, 0.25) is 63.2 Å². The lowest BCUT2D eigenvalue weighted by atomic mass is 10.2. The molecule has 0 heterocycles. The number of carbonyl (C=O) groups is 1. The van der Waals surface area contributed by atoms with E-state index in [1.165, 1.54) is 0 Å². The first kappa shape index (κ1) is 27.4. The minimum atomic E-state index is -1.59. The highest BCUT2D eigenvalue weighted by Gasteiger charge is 2.38. The predicted octanol–water partition coefficient (Wildman–Crippen LogP) is 2.68. The fourth-order valence-corrected chi connectivity index (χ4v) is 18.6. The van der Waals surface area contributed by atoms with Crippen molar-refractivity contribution < 1.29 is 22.2 Å². The highest BCUT2D eigenvalue weighted by atomic mass is 28.4. The van der Waals surface area contributed by atoms with Crippen LogP contribution in [0.4, 0.5) is 0 Å². The van der Waals surface area contributed by atoms with Crippen molar-refractivity contribution in [3.63, 3.8) is 0 Å². The topological polar surface area (TPSA) is 65.0 Å². The second-order valence-corrected chi connectivity index (χ2v) is 34.9. The summed E-state index contributed by atoms with van der Waals surface area (Å²) in [6, 6.07) is 0. The van der Waals surface area contributed by atoms with Gasteiger partial charge < -0.3 is 17.5 Å². The minimum Gasteiger partial charge on any atom is -0.478 e. The fraction of sp³-hybridized carbons (Fsp3) is 0.812. The van der Waals surface area contributed by atoms with E-state index in [1.807, 2.05) is 6.08 Å². The van der Waals surface area contributed by atoms with Crippen molar-refractivity contribution in [1.82, 2.24) is 0 Å². The monoisotopic (exact) mass is 482 g/mol. The Labute approximate surface area is 176 Å². The van der Waals surface area contributed by atoms with Crippen molar-refractivity contribution in [2.24, 2.45) is 0 Å². The molecule has 0 aliphatic carbocycles. The van der Waals surface area contributed by atoms with Crippen LogP contribution in [0.25, 0.3) is 0 Å². The second-order valence-electron chi connectivity index (χ2n) is 10.4. The summed E-state index contributed by atoms with van der Waals surface area (Å²) in [5, 5.41) is 9.14. The van der Waals surface area contributed by atoms with Gasteiger partial charge in [-0.25, -0.2) is 4.79 Å². The molecule has 0 rings (SSSR count). The average molecular weight is 483 g/mol. The van der Waals surface area contributed by atoms with Gasteiger partial charge in [-0.3, -0.25) is 0 Å².